The zero-order chi connectivity index (χ0) is 18.9. The van der Waals surface area contributed by atoms with Crippen LogP contribution in [0.25, 0.3) is 0 Å². The highest BCUT2D eigenvalue weighted by atomic mass is 16.5. The standard InChI is InChI=1S/C19H23N5O3/c1-27-16-6-4-15(5-7-16)24-18(26)10-22(12-19(24)8-2-3-9-19)17(25)11-23-14-20-13-21-23/h4-7,13-14H,2-3,8-12H2,1H3. The Morgan fingerprint density at radius 3 is 2.59 bits per heavy atom. The predicted molar refractivity (Wildman–Crippen MR) is 98.3 cm³/mol. The summed E-state index contributed by atoms with van der Waals surface area (Å²) in [7, 11) is 1.62. The molecule has 8 heteroatoms. The van der Waals surface area contributed by atoms with E-state index in [1.165, 1.54) is 17.3 Å². The average Bonchev–Trinajstić information content (AvgIpc) is 3.34. The molecule has 0 unspecified atom stereocenters. The third-order valence-corrected chi connectivity index (χ3v) is 5.52. The molecular weight excluding hydrogens is 346 g/mol. The predicted octanol–water partition coefficient (Wildman–Crippen LogP) is 1.47. The highest BCUT2D eigenvalue weighted by molar-refractivity contribution is 5.99. The van der Waals surface area contributed by atoms with Crippen molar-refractivity contribution in [2.75, 3.05) is 25.1 Å². The minimum Gasteiger partial charge on any atom is -0.497 e. The molecule has 27 heavy (non-hydrogen) atoms. The second-order valence-corrected chi connectivity index (χ2v) is 7.20. The zero-order valence-electron chi connectivity index (χ0n) is 15.4. The third-order valence-electron chi connectivity index (χ3n) is 5.52. The van der Waals surface area contributed by atoms with Gasteiger partial charge in [0, 0.05) is 12.2 Å². The molecule has 0 atom stereocenters. The number of methoxy groups -OCH3 is 1. The van der Waals surface area contributed by atoms with Crippen molar-refractivity contribution in [1.29, 1.82) is 0 Å². The van der Waals surface area contributed by atoms with Crippen molar-refractivity contribution in [1.82, 2.24) is 19.7 Å². The van der Waals surface area contributed by atoms with Gasteiger partial charge in [-0.2, -0.15) is 5.10 Å². The van der Waals surface area contributed by atoms with Crippen LogP contribution in [0, 0.1) is 0 Å². The summed E-state index contributed by atoms with van der Waals surface area (Å²) in [4.78, 5) is 33.3. The largest absolute Gasteiger partial charge is 0.497 e. The van der Waals surface area contributed by atoms with Crippen LogP contribution in [-0.4, -0.2) is 57.2 Å². The highest BCUT2D eigenvalue weighted by Gasteiger charge is 2.48. The SMILES string of the molecule is COc1ccc(N2C(=O)CN(C(=O)Cn3cncn3)CC23CCCC3)cc1. The molecule has 2 amide bonds. The van der Waals surface area contributed by atoms with Gasteiger partial charge in [-0.15, -0.1) is 0 Å². The molecule has 142 valence electrons. The minimum atomic E-state index is -0.331. The van der Waals surface area contributed by atoms with E-state index in [4.69, 9.17) is 4.74 Å². The lowest BCUT2D eigenvalue weighted by atomic mass is 9.90. The molecule has 2 aliphatic rings. The van der Waals surface area contributed by atoms with Crippen molar-refractivity contribution in [2.24, 2.45) is 0 Å². The van der Waals surface area contributed by atoms with Crippen molar-refractivity contribution in [3.8, 4) is 5.75 Å². The van der Waals surface area contributed by atoms with Gasteiger partial charge in [0.05, 0.1) is 12.6 Å². The van der Waals surface area contributed by atoms with E-state index in [0.717, 1.165) is 37.1 Å². The number of carbonyl (C=O) groups is 2. The topological polar surface area (TPSA) is 80.6 Å². The number of rotatable bonds is 4. The summed E-state index contributed by atoms with van der Waals surface area (Å²) in [5.74, 6) is 0.614. The number of anilines is 1. The van der Waals surface area contributed by atoms with Crippen LogP contribution in [0.4, 0.5) is 5.69 Å². The van der Waals surface area contributed by atoms with Crippen LogP contribution >= 0.6 is 0 Å². The molecule has 1 saturated carbocycles. The van der Waals surface area contributed by atoms with E-state index in [2.05, 4.69) is 10.1 Å². The van der Waals surface area contributed by atoms with E-state index < -0.39 is 0 Å². The van der Waals surface area contributed by atoms with Gasteiger partial charge in [-0.25, -0.2) is 9.67 Å². The van der Waals surface area contributed by atoms with E-state index in [-0.39, 0.29) is 30.4 Å². The molecule has 0 N–H and O–H groups in total. The van der Waals surface area contributed by atoms with Gasteiger partial charge in [-0.3, -0.25) is 9.59 Å². The Morgan fingerprint density at radius 2 is 1.96 bits per heavy atom. The van der Waals surface area contributed by atoms with Gasteiger partial charge in [0.25, 0.3) is 0 Å². The molecule has 8 nitrogen and oxygen atoms in total. The van der Waals surface area contributed by atoms with Crippen molar-refractivity contribution in [3.05, 3.63) is 36.9 Å². The summed E-state index contributed by atoms with van der Waals surface area (Å²) in [6.45, 7) is 0.742. The van der Waals surface area contributed by atoms with Crippen LogP contribution in [0.1, 0.15) is 25.7 Å². The highest BCUT2D eigenvalue weighted by Crippen LogP contribution is 2.41. The van der Waals surface area contributed by atoms with Gasteiger partial charge in [0.15, 0.2) is 0 Å². The first-order valence-corrected chi connectivity index (χ1v) is 9.19. The average molecular weight is 369 g/mol. The van der Waals surface area contributed by atoms with Gasteiger partial charge in [0.1, 0.15) is 31.5 Å². The fourth-order valence-electron chi connectivity index (χ4n) is 4.27. The molecule has 2 fully saturated rings. The lowest BCUT2D eigenvalue weighted by molar-refractivity contribution is -0.140. The monoisotopic (exact) mass is 369 g/mol. The first-order valence-electron chi connectivity index (χ1n) is 9.19. The fraction of sp³-hybridized carbons (Fsp3) is 0.474. The lowest BCUT2D eigenvalue weighted by Crippen LogP contribution is -2.65. The molecule has 0 bridgehead atoms. The normalized spacial score (nSPS) is 18.9. The van der Waals surface area contributed by atoms with Gasteiger partial charge in [-0.1, -0.05) is 12.8 Å². The molecule has 0 radical (unpaired) electrons. The second-order valence-electron chi connectivity index (χ2n) is 7.20. The van der Waals surface area contributed by atoms with E-state index in [1.54, 1.807) is 12.0 Å². The number of benzene rings is 1. The molecule has 4 rings (SSSR count). The second kappa shape index (κ2) is 7.02. The van der Waals surface area contributed by atoms with Crippen LogP contribution in [0.3, 0.4) is 0 Å². The van der Waals surface area contributed by atoms with Crippen LogP contribution in [0.15, 0.2) is 36.9 Å². The number of hydrogen-bond donors (Lipinski definition) is 0. The quantitative estimate of drug-likeness (QED) is 0.815. The number of hydrogen-bond acceptors (Lipinski definition) is 5. The van der Waals surface area contributed by atoms with Crippen LogP contribution < -0.4 is 9.64 Å². The smallest absolute Gasteiger partial charge is 0.247 e. The first-order chi connectivity index (χ1) is 13.1. The summed E-state index contributed by atoms with van der Waals surface area (Å²) < 4.78 is 6.72. The molecule has 1 aromatic carbocycles. The van der Waals surface area contributed by atoms with Crippen LogP contribution in [0.2, 0.25) is 0 Å². The maximum absolute atomic E-state index is 13.1. The summed E-state index contributed by atoms with van der Waals surface area (Å²) >= 11 is 0. The molecule has 1 saturated heterocycles. The lowest BCUT2D eigenvalue weighted by Gasteiger charge is -2.48. The molecule has 1 aromatic heterocycles. The maximum Gasteiger partial charge on any atom is 0.247 e. The van der Waals surface area contributed by atoms with E-state index in [9.17, 15) is 9.59 Å². The number of carbonyl (C=O) groups excluding carboxylic acids is 2. The molecule has 2 aromatic rings. The van der Waals surface area contributed by atoms with Gasteiger partial charge < -0.3 is 14.5 Å². The van der Waals surface area contributed by atoms with Crippen molar-refractivity contribution in [2.45, 2.75) is 37.8 Å². The Bertz CT molecular complexity index is 812. The van der Waals surface area contributed by atoms with Crippen molar-refractivity contribution >= 4 is 17.5 Å². The number of piperazine rings is 1. The molecule has 1 aliphatic heterocycles. The number of aromatic nitrogens is 3. The van der Waals surface area contributed by atoms with Gasteiger partial charge in [0.2, 0.25) is 11.8 Å². The zero-order valence-corrected chi connectivity index (χ0v) is 15.4. The Hall–Kier alpha value is -2.90. The summed E-state index contributed by atoms with van der Waals surface area (Å²) in [5, 5.41) is 3.99. The van der Waals surface area contributed by atoms with Gasteiger partial charge >= 0.3 is 0 Å². The Morgan fingerprint density at radius 1 is 1.22 bits per heavy atom. The summed E-state index contributed by atoms with van der Waals surface area (Å²) in [5.41, 5.74) is 0.535. The third kappa shape index (κ3) is 3.27. The van der Waals surface area contributed by atoms with Crippen LogP contribution in [-0.2, 0) is 16.1 Å². The summed E-state index contributed by atoms with van der Waals surface area (Å²) in [6, 6.07) is 7.58. The Labute approximate surface area is 157 Å². The molecule has 1 aliphatic carbocycles. The minimum absolute atomic E-state index is 0.0414. The maximum atomic E-state index is 13.1. The molecular formula is C19H23N5O3. The Kier molecular flexibility index (Phi) is 4.55. The summed E-state index contributed by atoms with van der Waals surface area (Å²) in [6.07, 6.45) is 6.84. The number of ether oxygens (including phenoxy) is 1. The number of amides is 2. The van der Waals surface area contributed by atoms with E-state index >= 15 is 0 Å². The Balaban J connectivity index is 1.59. The molecule has 1 spiro atoms. The van der Waals surface area contributed by atoms with E-state index in [0.29, 0.717) is 6.54 Å². The van der Waals surface area contributed by atoms with Crippen molar-refractivity contribution < 1.29 is 14.3 Å². The first kappa shape index (κ1) is 17.5. The van der Waals surface area contributed by atoms with Gasteiger partial charge in [-0.05, 0) is 37.1 Å². The molecule has 2 heterocycles. The fourth-order valence-corrected chi connectivity index (χ4v) is 4.27. The van der Waals surface area contributed by atoms with Crippen molar-refractivity contribution in [3.63, 3.8) is 0 Å². The van der Waals surface area contributed by atoms with Crippen LogP contribution in [0.5, 0.6) is 5.75 Å². The van der Waals surface area contributed by atoms with E-state index in [1.807, 2.05) is 29.2 Å². The number of nitrogens with zero attached hydrogens (tertiary/aromatic N) is 5.